The van der Waals surface area contributed by atoms with Crippen LogP contribution in [0.25, 0.3) is 10.8 Å². The first-order chi connectivity index (χ1) is 11.7. The van der Waals surface area contributed by atoms with Crippen molar-refractivity contribution in [1.29, 1.82) is 0 Å². The smallest absolute Gasteiger partial charge is 0.337 e. The number of hydrogen-bond acceptors (Lipinski definition) is 6. The van der Waals surface area contributed by atoms with E-state index in [4.69, 9.17) is 14.2 Å². The van der Waals surface area contributed by atoms with Crippen molar-refractivity contribution in [2.45, 2.75) is 0 Å². The highest BCUT2D eigenvalue weighted by Crippen LogP contribution is 2.29. The first-order valence-corrected chi connectivity index (χ1v) is 7.82. The number of pyridine rings is 1. The largest absolute Gasteiger partial charge is 0.492 e. The van der Waals surface area contributed by atoms with Crippen molar-refractivity contribution in [2.75, 3.05) is 46.6 Å². The second-order valence-electron chi connectivity index (χ2n) is 5.50. The minimum atomic E-state index is -1.03. The number of nitrogens with zero attached hydrogens (tertiary/aromatic N) is 2. The standard InChI is InChI=1S/C17H20N2O5.ClH/c1-22-16-13-3-2-12(10-14(13)15(11-18-16)17(20)21)24-9-6-19-4-7-23-8-5-19;/h2-3,10-11H,4-9H2,1H3,(H,20,21);1H. The lowest BCUT2D eigenvalue weighted by atomic mass is 10.1. The molecule has 136 valence electrons. The van der Waals surface area contributed by atoms with Gasteiger partial charge in [0.15, 0.2) is 0 Å². The van der Waals surface area contributed by atoms with Gasteiger partial charge < -0.3 is 19.3 Å². The second kappa shape index (κ2) is 8.84. The minimum Gasteiger partial charge on any atom is -0.492 e. The predicted molar refractivity (Wildman–Crippen MR) is 95.3 cm³/mol. The number of carboxylic acids is 1. The zero-order chi connectivity index (χ0) is 16.9. The molecule has 7 nitrogen and oxygen atoms in total. The second-order valence-corrected chi connectivity index (χ2v) is 5.50. The number of methoxy groups -OCH3 is 1. The third-order valence-corrected chi connectivity index (χ3v) is 4.03. The van der Waals surface area contributed by atoms with Crippen molar-refractivity contribution in [1.82, 2.24) is 9.88 Å². The lowest BCUT2D eigenvalue weighted by Gasteiger charge is -2.26. The van der Waals surface area contributed by atoms with E-state index in [-0.39, 0.29) is 18.0 Å². The summed E-state index contributed by atoms with van der Waals surface area (Å²) in [5.74, 6) is 0.00185. The Bertz CT molecular complexity index is 734. The van der Waals surface area contributed by atoms with Gasteiger partial charge in [0.2, 0.25) is 5.88 Å². The van der Waals surface area contributed by atoms with Crippen LogP contribution in [0.5, 0.6) is 11.6 Å². The molecule has 0 atom stereocenters. The van der Waals surface area contributed by atoms with E-state index in [0.29, 0.717) is 29.0 Å². The van der Waals surface area contributed by atoms with Gasteiger partial charge >= 0.3 is 5.97 Å². The quantitative estimate of drug-likeness (QED) is 0.835. The summed E-state index contributed by atoms with van der Waals surface area (Å²) < 4.78 is 16.3. The monoisotopic (exact) mass is 368 g/mol. The summed E-state index contributed by atoms with van der Waals surface area (Å²) in [6.07, 6.45) is 1.31. The summed E-state index contributed by atoms with van der Waals surface area (Å²) in [7, 11) is 1.51. The van der Waals surface area contributed by atoms with Crippen LogP contribution in [-0.4, -0.2) is 67.5 Å². The molecule has 0 radical (unpaired) electrons. The van der Waals surface area contributed by atoms with Crippen molar-refractivity contribution < 1.29 is 24.1 Å². The average Bonchev–Trinajstić information content (AvgIpc) is 2.61. The van der Waals surface area contributed by atoms with E-state index in [1.807, 2.05) is 0 Å². The fourth-order valence-corrected chi connectivity index (χ4v) is 2.74. The van der Waals surface area contributed by atoms with Crippen LogP contribution >= 0.6 is 12.4 Å². The number of rotatable bonds is 6. The highest BCUT2D eigenvalue weighted by atomic mass is 35.5. The molecular weight excluding hydrogens is 348 g/mol. The van der Waals surface area contributed by atoms with Crippen molar-refractivity contribution in [3.8, 4) is 11.6 Å². The SMILES string of the molecule is COc1ncc(C(=O)O)c2cc(OCCN3CCOCC3)ccc12.Cl. The van der Waals surface area contributed by atoms with Crippen LogP contribution in [0.1, 0.15) is 10.4 Å². The van der Waals surface area contributed by atoms with Crippen LogP contribution < -0.4 is 9.47 Å². The van der Waals surface area contributed by atoms with Gasteiger partial charge in [-0.1, -0.05) is 0 Å². The van der Waals surface area contributed by atoms with Gasteiger partial charge in [0.25, 0.3) is 0 Å². The van der Waals surface area contributed by atoms with Gasteiger partial charge in [-0.2, -0.15) is 0 Å². The fraction of sp³-hybridized carbons (Fsp3) is 0.412. The number of carbonyl (C=O) groups is 1. The molecule has 0 saturated carbocycles. The molecule has 1 aromatic carbocycles. The molecule has 0 unspecified atom stereocenters. The van der Waals surface area contributed by atoms with Gasteiger partial charge in [-0.05, 0) is 18.2 Å². The molecule has 8 heteroatoms. The van der Waals surface area contributed by atoms with E-state index < -0.39 is 5.97 Å². The Morgan fingerprint density at radius 3 is 2.76 bits per heavy atom. The van der Waals surface area contributed by atoms with Crippen LogP contribution in [0.4, 0.5) is 0 Å². The topological polar surface area (TPSA) is 81.1 Å². The molecule has 1 saturated heterocycles. The third-order valence-electron chi connectivity index (χ3n) is 4.03. The first kappa shape index (κ1) is 19.2. The number of aromatic carboxylic acids is 1. The molecule has 2 aromatic rings. The molecule has 2 heterocycles. The summed E-state index contributed by atoms with van der Waals surface area (Å²) in [4.78, 5) is 17.7. The number of ether oxygens (including phenoxy) is 3. The molecule has 1 aliphatic heterocycles. The van der Waals surface area contributed by atoms with E-state index >= 15 is 0 Å². The van der Waals surface area contributed by atoms with E-state index in [0.717, 1.165) is 32.8 Å². The predicted octanol–water partition coefficient (Wildman–Crippen LogP) is 2.07. The van der Waals surface area contributed by atoms with Gasteiger partial charge in [0, 0.05) is 36.6 Å². The lowest BCUT2D eigenvalue weighted by molar-refractivity contribution is 0.0322. The fourth-order valence-electron chi connectivity index (χ4n) is 2.74. The van der Waals surface area contributed by atoms with Gasteiger partial charge in [0.1, 0.15) is 12.4 Å². The zero-order valence-corrected chi connectivity index (χ0v) is 14.8. The number of aromatic nitrogens is 1. The van der Waals surface area contributed by atoms with Gasteiger partial charge in [-0.15, -0.1) is 12.4 Å². The first-order valence-electron chi connectivity index (χ1n) is 7.82. The van der Waals surface area contributed by atoms with Crippen molar-refractivity contribution in [3.63, 3.8) is 0 Å². The normalized spacial score (nSPS) is 14.8. The minimum absolute atomic E-state index is 0. The summed E-state index contributed by atoms with van der Waals surface area (Å²) in [5, 5.41) is 10.5. The summed E-state index contributed by atoms with van der Waals surface area (Å²) in [5.41, 5.74) is 0.129. The van der Waals surface area contributed by atoms with Crippen molar-refractivity contribution in [2.24, 2.45) is 0 Å². The maximum atomic E-state index is 11.4. The summed E-state index contributed by atoms with van der Waals surface area (Å²) >= 11 is 0. The maximum absolute atomic E-state index is 11.4. The van der Waals surface area contributed by atoms with Gasteiger partial charge in [-0.25, -0.2) is 9.78 Å². The van der Waals surface area contributed by atoms with Crippen molar-refractivity contribution in [3.05, 3.63) is 30.0 Å². The van der Waals surface area contributed by atoms with E-state index in [1.54, 1.807) is 18.2 Å². The van der Waals surface area contributed by atoms with Gasteiger partial charge in [-0.3, -0.25) is 4.90 Å². The number of benzene rings is 1. The highest BCUT2D eigenvalue weighted by molar-refractivity contribution is 6.05. The Hall–Kier alpha value is -2.09. The average molecular weight is 369 g/mol. The summed E-state index contributed by atoms with van der Waals surface area (Å²) in [6.45, 7) is 4.68. The molecule has 3 rings (SSSR count). The Kier molecular flexibility index (Phi) is 6.81. The Morgan fingerprint density at radius 2 is 2.08 bits per heavy atom. The molecule has 1 N–H and O–H groups in total. The van der Waals surface area contributed by atoms with E-state index in [2.05, 4.69) is 9.88 Å². The van der Waals surface area contributed by atoms with Crippen LogP contribution in [0.15, 0.2) is 24.4 Å². The number of halogens is 1. The molecule has 25 heavy (non-hydrogen) atoms. The Balaban J connectivity index is 0.00000225. The number of hydrogen-bond donors (Lipinski definition) is 1. The third kappa shape index (κ3) is 4.50. The molecule has 1 aromatic heterocycles. The highest BCUT2D eigenvalue weighted by Gasteiger charge is 2.14. The molecular formula is C17H21ClN2O5. The molecule has 0 aliphatic carbocycles. The number of morpholine rings is 1. The number of carboxylic acid groups (broad SMARTS) is 1. The molecule has 1 fully saturated rings. The lowest BCUT2D eigenvalue weighted by Crippen LogP contribution is -2.38. The molecule has 0 spiro atoms. The molecule has 0 amide bonds. The van der Waals surface area contributed by atoms with Crippen LogP contribution in [-0.2, 0) is 4.74 Å². The van der Waals surface area contributed by atoms with Crippen LogP contribution in [0, 0.1) is 0 Å². The number of fused-ring (bicyclic) bond motifs is 1. The van der Waals surface area contributed by atoms with Crippen LogP contribution in [0.2, 0.25) is 0 Å². The van der Waals surface area contributed by atoms with Gasteiger partial charge in [0.05, 0.1) is 25.9 Å². The van der Waals surface area contributed by atoms with E-state index in [9.17, 15) is 9.90 Å². The van der Waals surface area contributed by atoms with E-state index in [1.165, 1.54) is 13.3 Å². The maximum Gasteiger partial charge on any atom is 0.337 e. The Labute approximate surface area is 151 Å². The van der Waals surface area contributed by atoms with Crippen molar-refractivity contribution >= 4 is 29.1 Å². The Morgan fingerprint density at radius 1 is 1.32 bits per heavy atom. The zero-order valence-electron chi connectivity index (χ0n) is 13.9. The molecule has 1 aliphatic rings. The molecule has 0 bridgehead atoms. The van der Waals surface area contributed by atoms with Crippen LogP contribution in [0.3, 0.4) is 0 Å². The summed E-state index contributed by atoms with van der Waals surface area (Å²) in [6, 6.07) is 5.30.